The van der Waals surface area contributed by atoms with Crippen LogP contribution in [0.25, 0.3) is 22.6 Å². The Balaban J connectivity index is 2.15. The van der Waals surface area contributed by atoms with E-state index >= 15 is 0 Å². The highest BCUT2D eigenvalue weighted by atomic mass is 16.4. The summed E-state index contributed by atoms with van der Waals surface area (Å²) >= 11 is 0. The van der Waals surface area contributed by atoms with E-state index in [0.29, 0.717) is 22.6 Å². The lowest BCUT2D eigenvalue weighted by atomic mass is 10.1. The van der Waals surface area contributed by atoms with E-state index in [4.69, 9.17) is 5.73 Å². The Labute approximate surface area is 119 Å². The Bertz CT molecular complexity index is 798. The molecule has 7 heteroatoms. The smallest absolute Gasteiger partial charge is 0.337 e. The predicted molar refractivity (Wildman–Crippen MR) is 76.4 cm³/mol. The molecule has 0 bridgehead atoms. The number of nitrogen functional groups attached to an aromatic ring is 1. The first-order chi connectivity index (χ1) is 10.1. The van der Waals surface area contributed by atoms with Crippen molar-refractivity contribution in [2.45, 2.75) is 0 Å². The van der Waals surface area contributed by atoms with Gasteiger partial charge in [0.05, 0.1) is 22.6 Å². The zero-order valence-electron chi connectivity index (χ0n) is 10.8. The number of aromatic nitrogens is 4. The van der Waals surface area contributed by atoms with Gasteiger partial charge >= 0.3 is 5.97 Å². The summed E-state index contributed by atoms with van der Waals surface area (Å²) in [6.07, 6.45) is 4.73. The molecule has 4 N–H and O–H groups in total. The van der Waals surface area contributed by atoms with Crippen LogP contribution in [0.3, 0.4) is 0 Å². The van der Waals surface area contributed by atoms with Gasteiger partial charge in [-0.15, -0.1) is 0 Å². The second kappa shape index (κ2) is 5.04. The van der Waals surface area contributed by atoms with E-state index in [1.165, 1.54) is 12.3 Å². The molecule has 0 fully saturated rings. The minimum atomic E-state index is -1.03. The number of carboxylic acids is 1. The first-order valence-electron chi connectivity index (χ1n) is 6.11. The quantitative estimate of drug-likeness (QED) is 0.674. The molecule has 0 aromatic carbocycles. The number of H-pyrrole nitrogens is 1. The summed E-state index contributed by atoms with van der Waals surface area (Å²) in [6.45, 7) is 0. The summed E-state index contributed by atoms with van der Waals surface area (Å²) < 4.78 is 0. The van der Waals surface area contributed by atoms with E-state index in [-0.39, 0.29) is 11.5 Å². The van der Waals surface area contributed by atoms with Crippen LogP contribution in [0.2, 0.25) is 0 Å². The number of nitrogens with two attached hydrogens (primary N) is 1. The maximum Gasteiger partial charge on any atom is 0.337 e. The van der Waals surface area contributed by atoms with E-state index in [1.807, 2.05) is 0 Å². The molecule has 0 radical (unpaired) electrons. The number of carbonyl (C=O) groups is 1. The number of carboxylic acid groups (broad SMARTS) is 1. The topological polar surface area (TPSA) is 118 Å². The molecule has 0 unspecified atom stereocenters. The maximum atomic E-state index is 11.4. The summed E-state index contributed by atoms with van der Waals surface area (Å²) in [5, 5.41) is 9.34. The van der Waals surface area contributed by atoms with Crippen molar-refractivity contribution in [3.63, 3.8) is 0 Å². The van der Waals surface area contributed by atoms with Crippen molar-refractivity contribution in [3.8, 4) is 22.6 Å². The molecular formula is C14H11N5O2. The van der Waals surface area contributed by atoms with Gasteiger partial charge in [0.15, 0.2) is 0 Å². The molecule has 3 aromatic rings. The van der Waals surface area contributed by atoms with Gasteiger partial charge in [-0.1, -0.05) is 0 Å². The third-order valence-corrected chi connectivity index (χ3v) is 2.95. The van der Waals surface area contributed by atoms with E-state index in [9.17, 15) is 9.90 Å². The Kier molecular flexibility index (Phi) is 3.07. The van der Waals surface area contributed by atoms with Gasteiger partial charge in [-0.25, -0.2) is 14.8 Å². The average molecular weight is 281 g/mol. The van der Waals surface area contributed by atoms with Gasteiger partial charge in [-0.3, -0.25) is 4.98 Å². The molecule has 0 saturated carbocycles. The summed E-state index contributed by atoms with van der Waals surface area (Å²) in [6, 6.07) is 6.70. The molecule has 0 aliphatic rings. The molecule has 0 amide bonds. The number of nitrogens with zero attached hydrogens (tertiary/aromatic N) is 3. The Morgan fingerprint density at radius 2 is 2.14 bits per heavy atom. The minimum Gasteiger partial charge on any atom is -0.478 e. The van der Waals surface area contributed by atoms with E-state index in [1.54, 1.807) is 30.6 Å². The van der Waals surface area contributed by atoms with Gasteiger partial charge in [0.2, 0.25) is 5.95 Å². The van der Waals surface area contributed by atoms with Gasteiger partial charge in [-0.05, 0) is 24.3 Å². The summed E-state index contributed by atoms with van der Waals surface area (Å²) in [4.78, 5) is 26.4. The van der Waals surface area contributed by atoms with Crippen LogP contribution in [0.4, 0.5) is 5.95 Å². The molecule has 0 aliphatic heterocycles. The van der Waals surface area contributed by atoms with Crippen molar-refractivity contribution in [1.29, 1.82) is 0 Å². The molecule has 3 rings (SSSR count). The van der Waals surface area contributed by atoms with E-state index in [0.717, 1.165) is 0 Å². The zero-order valence-corrected chi connectivity index (χ0v) is 10.8. The molecule has 3 aromatic heterocycles. The maximum absolute atomic E-state index is 11.4. The molecular weight excluding hydrogens is 270 g/mol. The highest BCUT2D eigenvalue weighted by molar-refractivity contribution is 5.96. The summed E-state index contributed by atoms with van der Waals surface area (Å²) in [7, 11) is 0. The SMILES string of the molecule is Nc1nccc(-c2cc(C(=O)O)c(-c3cccnc3)[nH]2)n1. The molecule has 0 aliphatic carbocycles. The minimum absolute atomic E-state index is 0.127. The molecule has 0 atom stereocenters. The number of hydrogen-bond donors (Lipinski definition) is 3. The van der Waals surface area contributed by atoms with Crippen LogP contribution in [0.5, 0.6) is 0 Å². The van der Waals surface area contributed by atoms with Crippen molar-refractivity contribution in [3.05, 3.63) is 48.4 Å². The van der Waals surface area contributed by atoms with Crippen LogP contribution in [0.15, 0.2) is 42.9 Å². The number of pyridine rings is 1. The largest absolute Gasteiger partial charge is 0.478 e. The highest BCUT2D eigenvalue weighted by Crippen LogP contribution is 2.27. The fraction of sp³-hybridized carbons (Fsp3) is 0. The first kappa shape index (κ1) is 12.8. The fourth-order valence-electron chi connectivity index (χ4n) is 2.02. The van der Waals surface area contributed by atoms with Gasteiger partial charge in [-0.2, -0.15) is 0 Å². The second-order valence-electron chi connectivity index (χ2n) is 4.32. The summed E-state index contributed by atoms with van der Waals surface area (Å²) in [5.41, 5.74) is 7.94. The Morgan fingerprint density at radius 1 is 1.29 bits per heavy atom. The monoisotopic (exact) mass is 281 g/mol. The van der Waals surface area contributed by atoms with Crippen molar-refractivity contribution < 1.29 is 9.90 Å². The summed E-state index contributed by atoms with van der Waals surface area (Å²) in [5.74, 6) is -0.903. The Morgan fingerprint density at radius 3 is 2.81 bits per heavy atom. The van der Waals surface area contributed by atoms with Crippen molar-refractivity contribution >= 4 is 11.9 Å². The number of nitrogens with one attached hydrogen (secondary N) is 1. The van der Waals surface area contributed by atoms with Crippen LogP contribution in [-0.4, -0.2) is 31.0 Å². The molecule has 0 saturated heterocycles. The number of aromatic carboxylic acids is 1. The number of rotatable bonds is 3. The molecule has 3 heterocycles. The normalized spacial score (nSPS) is 10.5. The molecule has 7 nitrogen and oxygen atoms in total. The first-order valence-corrected chi connectivity index (χ1v) is 6.11. The van der Waals surface area contributed by atoms with Gasteiger partial charge in [0, 0.05) is 24.2 Å². The fourth-order valence-corrected chi connectivity index (χ4v) is 2.02. The average Bonchev–Trinajstić information content (AvgIpc) is 2.93. The number of aromatic amines is 1. The second-order valence-corrected chi connectivity index (χ2v) is 4.32. The zero-order chi connectivity index (χ0) is 14.8. The molecule has 104 valence electrons. The lowest BCUT2D eigenvalue weighted by molar-refractivity contribution is 0.0698. The number of hydrogen-bond acceptors (Lipinski definition) is 5. The standard InChI is InChI=1S/C14H11N5O2/c15-14-17-5-3-10(19-14)11-6-9(13(20)21)12(18-11)8-2-1-4-16-7-8/h1-7,18H,(H,20,21)(H2,15,17,19). The lowest BCUT2D eigenvalue weighted by Crippen LogP contribution is -1.96. The lowest BCUT2D eigenvalue weighted by Gasteiger charge is -2.00. The van der Waals surface area contributed by atoms with Crippen LogP contribution in [0.1, 0.15) is 10.4 Å². The van der Waals surface area contributed by atoms with Crippen LogP contribution < -0.4 is 5.73 Å². The predicted octanol–water partition coefficient (Wildman–Crippen LogP) is 1.81. The Hall–Kier alpha value is -3.22. The van der Waals surface area contributed by atoms with Crippen LogP contribution in [0, 0.1) is 0 Å². The van der Waals surface area contributed by atoms with Crippen molar-refractivity contribution in [1.82, 2.24) is 19.9 Å². The van der Waals surface area contributed by atoms with Gasteiger partial charge in [0.25, 0.3) is 0 Å². The third kappa shape index (κ3) is 2.44. The van der Waals surface area contributed by atoms with Gasteiger partial charge in [0.1, 0.15) is 0 Å². The van der Waals surface area contributed by atoms with Crippen molar-refractivity contribution in [2.75, 3.05) is 5.73 Å². The van der Waals surface area contributed by atoms with Crippen LogP contribution >= 0.6 is 0 Å². The van der Waals surface area contributed by atoms with E-state index in [2.05, 4.69) is 19.9 Å². The number of anilines is 1. The van der Waals surface area contributed by atoms with Gasteiger partial charge < -0.3 is 15.8 Å². The van der Waals surface area contributed by atoms with Crippen molar-refractivity contribution in [2.24, 2.45) is 0 Å². The highest BCUT2D eigenvalue weighted by Gasteiger charge is 2.17. The molecule has 0 spiro atoms. The van der Waals surface area contributed by atoms with Crippen LogP contribution in [-0.2, 0) is 0 Å². The third-order valence-electron chi connectivity index (χ3n) is 2.95. The van der Waals surface area contributed by atoms with E-state index < -0.39 is 5.97 Å². The molecule has 21 heavy (non-hydrogen) atoms.